The van der Waals surface area contributed by atoms with Crippen molar-refractivity contribution >= 4 is 5.91 Å². The van der Waals surface area contributed by atoms with Crippen molar-refractivity contribution in [3.05, 3.63) is 35.4 Å². The van der Waals surface area contributed by atoms with E-state index in [1.807, 2.05) is 0 Å². The normalized spacial score (nSPS) is 17.9. The van der Waals surface area contributed by atoms with Gasteiger partial charge in [0.25, 0.3) is 0 Å². The SMILES string of the molecule is COC(CN)CC(=O)NCC1(c2cccc(C(F)(F)F)c2)CCC1. The number of nitrogens with one attached hydrogen (secondary N) is 1. The lowest BCUT2D eigenvalue weighted by Gasteiger charge is -2.43. The van der Waals surface area contributed by atoms with Gasteiger partial charge >= 0.3 is 6.18 Å². The lowest BCUT2D eigenvalue weighted by molar-refractivity contribution is -0.137. The number of methoxy groups -OCH3 is 1. The van der Waals surface area contributed by atoms with Gasteiger partial charge in [0.05, 0.1) is 18.1 Å². The summed E-state index contributed by atoms with van der Waals surface area (Å²) < 4.78 is 43.8. The number of carbonyl (C=O) groups is 1. The molecule has 3 N–H and O–H groups in total. The van der Waals surface area contributed by atoms with E-state index in [0.29, 0.717) is 12.1 Å². The fraction of sp³-hybridized carbons (Fsp3) is 0.588. The van der Waals surface area contributed by atoms with Crippen LogP contribution in [0.25, 0.3) is 0 Å². The smallest absolute Gasteiger partial charge is 0.380 e. The number of carbonyl (C=O) groups excluding carboxylic acids is 1. The Balaban J connectivity index is 2.06. The van der Waals surface area contributed by atoms with Gasteiger partial charge in [0, 0.05) is 25.6 Å². The lowest BCUT2D eigenvalue weighted by Crippen LogP contribution is -2.46. The van der Waals surface area contributed by atoms with Crippen LogP contribution in [0.15, 0.2) is 24.3 Å². The van der Waals surface area contributed by atoms with Crippen molar-refractivity contribution in [2.24, 2.45) is 5.73 Å². The van der Waals surface area contributed by atoms with Gasteiger partial charge < -0.3 is 15.8 Å². The highest BCUT2D eigenvalue weighted by Gasteiger charge is 2.40. The Bertz CT molecular complexity index is 567. The number of nitrogens with two attached hydrogens (primary N) is 1. The molecule has 7 heteroatoms. The molecule has 0 bridgehead atoms. The zero-order valence-electron chi connectivity index (χ0n) is 13.7. The van der Waals surface area contributed by atoms with Gasteiger partial charge in [-0.3, -0.25) is 4.79 Å². The summed E-state index contributed by atoms with van der Waals surface area (Å²) in [7, 11) is 1.49. The highest BCUT2D eigenvalue weighted by Crippen LogP contribution is 2.44. The molecule has 4 nitrogen and oxygen atoms in total. The second kappa shape index (κ2) is 7.53. The third-order valence-corrected chi connectivity index (χ3v) is 4.75. The van der Waals surface area contributed by atoms with E-state index in [0.717, 1.165) is 25.3 Å². The van der Waals surface area contributed by atoms with Crippen molar-refractivity contribution in [1.29, 1.82) is 0 Å². The molecule has 24 heavy (non-hydrogen) atoms. The number of hydrogen-bond donors (Lipinski definition) is 2. The van der Waals surface area contributed by atoms with Crippen molar-refractivity contribution in [2.45, 2.75) is 43.4 Å². The zero-order valence-corrected chi connectivity index (χ0v) is 13.7. The number of ether oxygens (including phenoxy) is 1. The predicted octanol–water partition coefficient (Wildman–Crippen LogP) is 2.61. The van der Waals surface area contributed by atoms with Crippen LogP contribution in [-0.4, -0.2) is 32.2 Å². The van der Waals surface area contributed by atoms with Gasteiger partial charge in [0.1, 0.15) is 0 Å². The third kappa shape index (κ3) is 4.27. The van der Waals surface area contributed by atoms with Gasteiger partial charge in [-0.25, -0.2) is 0 Å². The quantitative estimate of drug-likeness (QED) is 0.799. The molecule has 1 unspecified atom stereocenters. The molecule has 0 aliphatic heterocycles. The lowest BCUT2D eigenvalue weighted by atomic mass is 9.64. The predicted molar refractivity (Wildman–Crippen MR) is 84.5 cm³/mol. The first-order valence-corrected chi connectivity index (χ1v) is 7.98. The summed E-state index contributed by atoms with van der Waals surface area (Å²) in [6.07, 6.45) is -2.10. The number of amides is 1. The topological polar surface area (TPSA) is 64.3 Å². The molecule has 1 atom stereocenters. The van der Waals surface area contributed by atoms with Crippen molar-refractivity contribution in [3.8, 4) is 0 Å². The number of alkyl halides is 3. The van der Waals surface area contributed by atoms with Crippen LogP contribution in [-0.2, 0) is 21.1 Å². The second-order valence-electron chi connectivity index (χ2n) is 6.29. The fourth-order valence-electron chi connectivity index (χ4n) is 3.01. The maximum absolute atomic E-state index is 12.9. The Hall–Kier alpha value is -1.60. The first-order valence-electron chi connectivity index (χ1n) is 7.98. The summed E-state index contributed by atoms with van der Waals surface area (Å²) in [6, 6.07) is 5.40. The Morgan fingerprint density at radius 1 is 1.42 bits per heavy atom. The Morgan fingerprint density at radius 3 is 2.62 bits per heavy atom. The molecule has 1 amide bonds. The van der Waals surface area contributed by atoms with E-state index in [-0.39, 0.29) is 25.0 Å². The van der Waals surface area contributed by atoms with E-state index in [1.165, 1.54) is 19.2 Å². The van der Waals surface area contributed by atoms with E-state index >= 15 is 0 Å². The molecule has 1 aromatic rings. The first-order chi connectivity index (χ1) is 11.3. The molecule has 1 fully saturated rings. The molecule has 0 radical (unpaired) electrons. The van der Waals surface area contributed by atoms with Crippen molar-refractivity contribution in [2.75, 3.05) is 20.2 Å². The maximum atomic E-state index is 12.9. The average molecular weight is 344 g/mol. The molecule has 0 spiro atoms. The van der Waals surface area contributed by atoms with Crippen molar-refractivity contribution in [1.82, 2.24) is 5.32 Å². The zero-order chi connectivity index (χ0) is 17.8. The highest BCUT2D eigenvalue weighted by molar-refractivity contribution is 5.76. The molecule has 2 rings (SSSR count). The van der Waals surface area contributed by atoms with Crippen LogP contribution in [0.2, 0.25) is 0 Å². The third-order valence-electron chi connectivity index (χ3n) is 4.75. The van der Waals surface area contributed by atoms with Crippen LogP contribution in [0.3, 0.4) is 0 Å². The monoisotopic (exact) mass is 344 g/mol. The standard InChI is InChI=1S/C17H23F3N2O2/c1-24-14(10-21)9-15(23)22-11-16(6-3-7-16)12-4-2-5-13(8-12)17(18,19)20/h2,4-5,8,14H,3,6-7,9-11,21H2,1H3,(H,22,23). The first kappa shape index (κ1) is 18.7. The van der Waals surface area contributed by atoms with E-state index < -0.39 is 17.2 Å². The Labute approximate surface area is 139 Å². The summed E-state index contributed by atoms with van der Waals surface area (Å²) in [5.74, 6) is -0.203. The van der Waals surface area contributed by atoms with E-state index in [4.69, 9.17) is 10.5 Å². The van der Waals surface area contributed by atoms with Crippen LogP contribution in [0.4, 0.5) is 13.2 Å². The minimum absolute atomic E-state index is 0.145. The minimum atomic E-state index is -4.36. The molecule has 1 aliphatic rings. The van der Waals surface area contributed by atoms with E-state index in [1.54, 1.807) is 6.07 Å². The van der Waals surface area contributed by atoms with E-state index in [9.17, 15) is 18.0 Å². The fourth-order valence-corrected chi connectivity index (χ4v) is 3.01. The van der Waals surface area contributed by atoms with Crippen LogP contribution in [0.5, 0.6) is 0 Å². The summed E-state index contributed by atoms with van der Waals surface area (Å²) >= 11 is 0. The van der Waals surface area contributed by atoms with Gasteiger partial charge in [0.15, 0.2) is 0 Å². The number of hydrogen-bond acceptors (Lipinski definition) is 3. The summed E-state index contributed by atoms with van der Waals surface area (Å²) in [5, 5.41) is 2.83. The van der Waals surface area contributed by atoms with Gasteiger partial charge in [-0.15, -0.1) is 0 Å². The molecule has 0 aromatic heterocycles. The molecule has 1 aromatic carbocycles. The average Bonchev–Trinajstić information content (AvgIpc) is 2.51. The molecule has 0 heterocycles. The van der Waals surface area contributed by atoms with Gasteiger partial charge in [-0.1, -0.05) is 24.6 Å². The van der Waals surface area contributed by atoms with Gasteiger partial charge in [0.2, 0.25) is 5.91 Å². The van der Waals surface area contributed by atoms with Crippen molar-refractivity contribution < 1.29 is 22.7 Å². The summed E-state index contributed by atoms with van der Waals surface area (Å²) in [6.45, 7) is 0.566. The number of rotatable bonds is 7. The molecule has 134 valence electrons. The number of benzene rings is 1. The van der Waals surface area contributed by atoms with Gasteiger partial charge in [-0.2, -0.15) is 13.2 Å². The summed E-state index contributed by atoms with van der Waals surface area (Å²) in [5.41, 5.74) is 5.05. The molecule has 1 saturated carbocycles. The summed E-state index contributed by atoms with van der Waals surface area (Å²) in [4.78, 5) is 12.0. The Kier molecular flexibility index (Phi) is 5.87. The minimum Gasteiger partial charge on any atom is -0.380 e. The molecular formula is C17H23F3N2O2. The second-order valence-corrected chi connectivity index (χ2v) is 6.29. The van der Waals surface area contributed by atoms with Crippen LogP contribution in [0.1, 0.15) is 36.8 Å². The van der Waals surface area contributed by atoms with Gasteiger partial charge in [-0.05, 0) is 24.5 Å². The maximum Gasteiger partial charge on any atom is 0.416 e. The molecular weight excluding hydrogens is 321 g/mol. The molecule has 0 saturated heterocycles. The van der Waals surface area contributed by atoms with Crippen LogP contribution in [0, 0.1) is 0 Å². The largest absolute Gasteiger partial charge is 0.416 e. The van der Waals surface area contributed by atoms with Crippen LogP contribution < -0.4 is 11.1 Å². The van der Waals surface area contributed by atoms with E-state index in [2.05, 4.69) is 5.32 Å². The van der Waals surface area contributed by atoms with Crippen LogP contribution >= 0.6 is 0 Å². The van der Waals surface area contributed by atoms with Crippen molar-refractivity contribution in [3.63, 3.8) is 0 Å². The molecule has 1 aliphatic carbocycles. The Morgan fingerprint density at radius 2 is 2.12 bits per heavy atom. The highest BCUT2D eigenvalue weighted by atomic mass is 19.4. The number of halogens is 3.